The van der Waals surface area contributed by atoms with Crippen LogP contribution in [0.15, 0.2) is 0 Å². The Labute approximate surface area is 114 Å². The molecule has 2 fully saturated rings. The molecule has 108 valence electrons. The van der Waals surface area contributed by atoms with Crippen molar-refractivity contribution in [3.8, 4) is 0 Å². The van der Waals surface area contributed by atoms with Crippen molar-refractivity contribution < 1.29 is 19.4 Å². The molecule has 1 N–H and O–H groups in total. The van der Waals surface area contributed by atoms with Crippen molar-refractivity contribution in [1.82, 2.24) is 0 Å². The third-order valence-corrected chi connectivity index (χ3v) is 4.77. The maximum absolute atomic E-state index is 12.4. The van der Waals surface area contributed by atoms with Crippen LogP contribution in [0.5, 0.6) is 0 Å². The minimum Gasteiger partial charge on any atom is -0.480 e. The molecule has 1 aliphatic carbocycles. The van der Waals surface area contributed by atoms with Gasteiger partial charge in [0.05, 0.1) is 11.2 Å². The first-order valence-corrected chi connectivity index (χ1v) is 7.09. The van der Waals surface area contributed by atoms with Crippen LogP contribution in [-0.2, 0) is 14.3 Å². The Kier molecular flexibility index (Phi) is 3.28. The third-order valence-electron chi connectivity index (χ3n) is 4.77. The van der Waals surface area contributed by atoms with Crippen LogP contribution in [0.2, 0.25) is 0 Å². The van der Waals surface area contributed by atoms with Crippen molar-refractivity contribution in [2.45, 2.75) is 71.0 Å². The van der Waals surface area contributed by atoms with Gasteiger partial charge in [0.25, 0.3) is 0 Å². The summed E-state index contributed by atoms with van der Waals surface area (Å²) in [6, 6.07) is 0. The van der Waals surface area contributed by atoms with Gasteiger partial charge < -0.3 is 9.84 Å². The van der Waals surface area contributed by atoms with Gasteiger partial charge in [-0.2, -0.15) is 0 Å². The number of carbonyl (C=O) groups excluding carboxylic acids is 1. The van der Waals surface area contributed by atoms with Crippen molar-refractivity contribution in [3.63, 3.8) is 0 Å². The summed E-state index contributed by atoms with van der Waals surface area (Å²) in [4.78, 5) is 24.3. The van der Waals surface area contributed by atoms with E-state index in [-0.39, 0.29) is 17.3 Å². The van der Waals surface area contributed by atoms with E-state index in [9.17, 15) is 14.7 Å². The van der Waals surface area contributed by atoms with Gasteiger partial charge in [-0.1, -0.05) is 6.42 Å². The van der Waals surface area contributed by atoms with Crippen LogP contribution < -0.4 is 0 Å². The number of carbonyl (C=O) groups is 2. The fourth-order valence-corrected chi connectivity index (χ4v) is 4.13. The van der Waals surface area contributed by atoms with Crippen LogP contribution in [0, 0.1) is 11.3 Å². The lowest BCUT2D eigenvalue weighted by atomic mass is 9.59. The van der Waals surface area contributed by atoms with E-state index in [1.165, 1.54) is 0 Å². The van der Waals surface area contributed by atoms with Crippen molar-refractivity contribution in [2.75, 3.05) is 0 Å². The van der Waals surface area contributed by atoms with Crippen LogP contribution in [-0.4, -0.2) is 28.1 Å². The number of Topliss-reactive ketones (excluding diaryl/α,β-unsaturated/α-hetero) is 1. The predicted octanol–water partition coefficient (Wildman–Crippen LogP) is 2.79. The predicted molar refractivity (Wildman–Crippen MR) is 70.9 cm³/mol. The zero-order chi connectivity index (χ0) is 14.5. The lowest BCUT2D eigenvalue weighted by Crippen LogP contribution is -2.52. The van der Waals surface area contributed by atoms with Gasteiger partial charge in [-0.3, -0.25) is 9.59 Å². The molecular formula is C15H24O4. The smallest absolute Gasteiger partial charge is 0.317 e. The number of ether oxygens (including phenoxy) is 1. The Morgan fingerprint density at radius 3 is 2.32 bits per heavy atom. The van der Waals surface area contributed by atoms with Crippen molar-refractivity contribution in [1.29, 1.82) is 0 Å². The number of rotatable bonds is 2. The summed E-state index contributed by atoms with van der Waals surface area (Å²) in [6.45, 7) is 7.77. The fraction of sp³-hybridized carbons (Fsp3) is 0.867. The summed E-state index contributed by atoms with van der Waals surface area (Å²) < 4.78 is 6.01. The molecule has 0 radical (unpaired) electrons. The normalized spacial score (nSPS) is 37.3. The van der Waals surface area contributed by atoms with E-state index >= 15 is 0 Å². The summed E-state index contributed by atoms with van der Waals surface area (Å²) in [5.74, 6) is -1.32. The van der Waals surface area contributed by atoms with Crippen LogP contribution >= 0.6 is 0 Å². The summed E-state index contributed by atoms with van der Waals surface area (Å²) in [5.41, 5.74) is -2.18. The van der Waals surface area contributed by atoms with Crippen molar-refractivity contribution in [3.05, 3.63) is 0 Å². The number of ketones is 1. The quantitative estimate of drug-likeness (QED) is 0.782. The average molecular weight is 268 g/mol. The minimum atomic E-state index is -1.24. The Balaban J connectivity index is 2.45. The summed E-state index contributed by atoms with van der Waals surface area (Å²) in [7, 11) is 0. The highest BCUT2D eigenvalue weighted by Crippen LogP contribution is 2.54. The molecule has 0 aromatic heterocycles. The summed E-state index contributed by atoms with van der Waals surface area (Å²) in [6.07, 6.45) is 3.09. The first-order chi connectivity index (χ1) is 8.62. The van der Waals surface area contributed by atoms with Crippen LogP contribution in [0.25, 0.3) is 0 Å². The highest BCUT2D eigenvalue weighted by molar-refractivity contribution is 6.04. The van der Waals surface area contributed by atoms with Gasteiger partial charge in [0, 0.05) is 12.3 Å². The van der Waals surface area contributed by atoms with Gasteiger partial charge in [0.15, 0.2) is 5.78 Å². The standard InChI is InChI=1S/C15H24O4/c1-13(2)9-10(14(3,4)19-13)15(12(17)18)8-6-5-7-11(15)16/h10H,5-9H2,1-4H3,(H,17,18). The molecule has 1 heterocycles. The van der Waals surface area contributed by atoms with Gasteiger partial charge in [-0.15, -0.1) is 0 Å². The first kappa shape index (κ1) is 14.5. The molecule has 0 aromatic carbocycles. The summed E-state index contributed by atoms with van der Waals surface area (Å²) in [5, 5.41) is 9.75. The molecule has 19 heavy (non-hydrogen) atoms. The Morgan fingerprint density at radius 1 is 1.26 bits per heavy atom. The Bertz CT molecular complexity index is 410. The molecule has 4 heteroatoms. The molecule has 0 bridgehead atoms. The van der Waals surface area contributed by atoms with Crippen LogP contribution in [0.1, 0.15) is 59.8 Å². The second kappa shape index (κ2) is 4.30. The molecule has 0 spiro atoms. The van der Waals surface area contributed by atoms with Crippen LogP contribution in [0.3, 0.4) is 0 Å². The van der Waals surface area contributed by atoms with E-state index in [4.69, 9.17) is 4.74 Å². The minimum absolute atomic E-state index is 0.106. The van der Waals surface area contributed by atoms with E-state index in [1.54, 1.807) is 0 Å². The van der Waals surface area contributed by atoms with E-state index in [2.05, 4.69) is 0 Å². The fourth-order valence-electron chi connectivity index (χ4n) is 4.13. The Morgan fingerprint density at radius 2 is 1.89 bits per heavy atom. The number of aliphatic carboxylic acids is 1. The molecule has 1 aliphatic heterocycles. The highest BCUT2D eigenvalue weighted by Gasteiger charge is 2.62. The lowest BCUT2D eigenvalue weighted by Gasteiger charge is -2.41. The van der Waals surface area contributed by atoms with Gasteiger partial charge in [-0.25, -0.2) is 0 Å². The zero-order valence-electron chi connectivity index (χ0n) is 12.3. The number of carboxylic acid groups (broad SMARTS) is 1. The molecule has 0 amide bonds. The molecule has 1 saturated carbocycles. The van der Waals surface area contributed by atoms with Gasteiger partial charge in [0.2, 0.25) is 0 Å². The monoisotopic (exact) mass is 268 g/mol. The topological polar surface area (TPSA) is 63.6 Å². The number of hydrogen-bond acceptors (Lipinski definition) is 3. The lowest BCUT2D eigenvalue weighted by molar-refractivity contribution is -0.168. The molecule has 1 saturated heterocycles. The average Bonchev–Trinajstić information content (AvgIpc) is 2.47. The number of hydrogen-bond donors (Lipinski definition) is 1. The molecule has 2 unspecified atom stereocenters. The zero-order valence-corrected chi connectivity index (χ0v) is 12.3. The molecule has 4 nitrogen and oxygen atoms in total. The molecule has 2 aliphatic rings. The van der Waals surface area contributed by atoms with Crippen molar-refractivity contribution in [2.24, 2.45) is 11.3 Å². The number of carboxylic acids is 1. The maximum Gasteiger partial charge on any atom is 0.317 e. The molecule has 2 atom stereocenters. The molecule has 0 aromatic rings. The van der Waals surface area contributed by atoms with Gasteiger partial charge >= 0.3 is 5.97 Å². The largest absolute Gasteiger partial charge is 0.480 e. The van der Waals surface area contributed by atoms with E-state index in [0.29, 0.717) is 19.3 Å². The van der Waals surface area contributed by atoms with Gasteiger partial charge in [0.1, 0.15) is 5.41 Å². The Hall–Kier alpha value is -0.900. The maximum atomic E-state index is 12.4. The van der Waals surface area contributed by atoms with Gasteiger partial charge in [-0.05, 0) is 47.0 Å². The second-order valence-electron chi connectivity index (χ2n) is 7.13. The highest BCUT2D eigenvalue weighted by atomic mass is 16.5. The SMILES string of the molecule is CC1(C)CC(C2(C(=O)O)CCCCC2=O)C(C)(C)O1. The van der Waals surface area contributed by atoms with E-state index in [0.717, 1.165) is 12.8 Å². The first-order valence-electron chi connectivity index (χ1n) is 7.09. The van der Waals surface area contributed by atoms with Crippen LogP contribution in [0.4, 0.5) is 0 Å². The second-order valence-corrected chi connectivity index (χ2v) is 7.13. The molecular weight excluding hydrogens is 244 g/mol. The molecule has 2 rings (SSSR count). The summed E-state index contributed by atoms with van der Waals surface area (Å²) >= 11 is 0. The van der Waals surface area contributed by atoms with Crippen molar-refractivity contribution >= 4 is 11.8 Å². The van der Waals surface area contributed by atoms with E-state index in [1.807, 2.05) is 27.7 Å². The van der Waals surface area contributed by atoms with E-state index < -0.39 is 17.0 Å². The third kappa shape index (κ3) is 2.20.